The minimum Gasteiger partial charge on any atom is -0.495 e. The number of rotatable bonds is 6. The average molecular weight is 417 g/mol. The fraction of sp³-hybridized carbons (Fsp3) is 0.286. The van der Waals surface area contributed by atoms with Crippen LogP contribution in [-0.4, -0.2) is 52.1 Å². The number of ether oxygens (including phenoxy) is 3. The highest BCUT2D eigenvalue weighted by atomic mass is 32.2. The Morgan fingerprint density at radius 2 is 1.90 bits per heavy atom. The molecule has 3 rings (SSSR count). The minimum absolute atomic E-state index is 0.0519. The van der Waals surface area contributed by atoms with Crippen molar-refractivity contribution in [3.8, 4) is 11.5 Å². The third kappa shape index (κ3) is 5.23. The van der Waals surface area contributed by atoms with Gasteiger partial charge in [0.2, 0.25) is 10.0 Å². The van der Waals surface area contributed by atoms with Crippen LogP contribution in [-0.2, 0) is 19.6 Å². The summed E-state index contributed by atoms with van der Waals surface area (Å²) in [6.45, 7) is 3.18. The van der Waals surface area contributed by atoms with Crippen LogP contribution in [0.3, 0.4) is 0 Å². The van der Waals surface area contributed by atoms with E-state index >= 15 is 0 Å². The number of methoxy groups -OCH3 is 1. The second-order valence-corrected chi connectivity index (χ2v) is 8.40. The molecule has 0 unspecified atom stereocenters. The molecule has 1 aliphatic rings. The van der Waals surface area contributed by atoms with Gasteiger partial charge < -0.3 is 14.2 Å². The number of carbonyl (C=O) groups is 1. The van der Waals surface area contributed by atoms with Crippen LogP contribution in [0.4, 0.5) is 0 Å². The predicted molar refractivity (Wildman–Crippen MR) is 108 cm³/mol. The number of nitrogens with zero attached hydrogens (tertiary/aromatic N) is 1. The second kappa shape index (κ2) is 9.21. The van der Waals surface area contributed by atoms with E-state index in [0.29, 0.717) is 24.5 Å². The van der Waals surface area contributed by atoms with E-state index in [4.69, 9.17) is 14.2 Å². The molecule has 2 aromatic rings. The van der Waals surface area contributed by atoms with Crippen molar-refractivity contribution in [1.29, 1.82) is 0 Å². The molecule has 0 radical (unpaired) electrons. The summed E-state index contributed by atoms with van der Waals surface area (Å²) in [4.78, 5) is 12.1. The van der Waals surface area contributed by atoms with Crippen molar-refractivity contribution >= 4 is 22.1 Å². The van der Waals surface area contributed by atoms with E-state index in [1.54, 1.807) is 30.3 Å². The maximum absolute atomic E-state index is 13.0. The summed E-state index contributed by atoms with van der Waals surface area (Å²) in [5.74, 6) is 0.143. The highest BCUT2D eigenvalue weighted by Crippen LogP contribution is 2.29. The van der Waals surface area contributed by atoms with E-state index in [2.05, 4.69) is 0 Å². The second-order valence-electron chi connectivity index (χ2n) is 6.50. The van der Waals surface area contributed by atoms with Gasteiger partial charge in [-0.15, -0.1) is 0 Å². The molecule has 1 aliphatic heterocycles. The number of carbonyl (C=O) groups excluding carboxylic acids is 1. The molecule has 0 bridgehead atoms. The van der Waals surface area contributed by atoms with Gasteiger partial charge in [0.25, 0.3) is 0 Å². The van der Waals surface area contributed by atoms with Crippen LogP contribution in [0, 0.1) is 6.92 Å². The van der Waals surface area contributed by atoms with Crippen molar-refractivity contribution in [2.45, 2.75) is 11.8 Å². The molecule has 2 aromatic carbocycles. The van der Waals surface area contributed by atoms with Crippen LogP contribution in [0.5, 0.6) is 11.5 Å². The Kier molecular flexibility index (Phi) is 6.68. The molecule has 0 N–H and O–H groups in total. The summed E-state index contributed by atoms with van der Waals surface area (Å²) in [5.41, 5.74) is 1.52. The Balaban J connectivity index is 1.80. The molecule has 1 fully saturated rings. The van der Waals surface area contributed by atoms with Gasteiger partial charge in [0.1, 0.15) is 16.4 Å². The van der Waals surface area contributed by atoms with Gasteiger partial charge in [-0.2, -0.15) is 4.31 Å². The molecule has 1 heterocycles. The van der Waals surface area contributed by atoms with Crippen LogP contribution in [0.2, 0.25) is 0 Å². The zero-order valence-corrected chi connectivity index (χ0v) is 17.1. The normalized spacial score (nSPS) is 15.4. The largest absolute Gasteiger partial charge is 0.495 e. The van der Waals surface area contributed by atoms with Gasteiger partial charge in [0.15, 0.2) is 0 Å². The molecule has 7 nitrogen and oxygen atoms in total. The standard InChI is InChI=1S/C21H23NO6S/c1-16-4-3-5-18(14-16)28-21(23)9-7-17-6-8-19(26-2)20(15-17)29(24,25)22-10-12-27-13-11-22/h3-9,14-15H,10-13H2,1-2H3/b9-7+. The summed E-state index contributed by atoms with van der Waals surface area (Å²) >= 11 is 0. The minimum atomic E-state index is -3.74. The maximum atomic E-state index is 13.0. The van der Waals surface area contributed by atoms with Gasteiger partial charge in [-0.05, 0) is 48.4 Å². The van der Waals surface area contributed by atoms with Gasteiger partial charge >= 0.3 is 5.97 Å². The first-order chi connectivity index (χ1) is 13.9. The van der Waals surface area contributed by atoms with E-state index in [-0.39, 0.29) is 23.7 Å². The molecular weight excluding hydrogens is 394 g/mol. The fourth-order valence-electron chi connectivity index (χ4n) is 2.92. The van der Waals surface area contributed by atoms with Crippen LogP contribution in [0.25, 0.3) is 6.08 Å². The lowest BCUT2D eigenvalue weighted by molar-refractivity contribution is -0.128. The highest BCUT2D eigenvalue weighted by Gasteiger charge is 2.29. The number of esters is 1. The Labute approximate surface area is 170 Å². The zero-order chi connectivity index (χ0) is 20.9. The molecule has 0 spiro atoms. The molecular formula is C21H23NO6S. The Morgan fingerprint density at radius 3 is 2.59 bits per heavy atom. The monoisotopic (exact) mass is 417 g/mol. The predicted octanol–water partition coefficient (Wildman–Crippen LogP) is 2.64. The topological polar surface area (TPSA) is 82.1 Å². The van der Waals surface area contributed by atoms with E-state index in [9.17, 15) is 13.2 Å². The number of hydrogen-bond donors (Lipinski definition) is 0. The van der Waals surface area contributed by atoms with Gasteiger partial charge in [0.05, 0.1) is 20.3 Å². The number of benzene rings is 2. The smallest absolute Gasteiger partial charge is 0.336 e. The molecule has 29 heavy (non-hydrogen) atoms. The zero-order valence-electron chi connectivity index (χ0n) is 16.3. The van der Waals surface area contributed by atoms with Crippen molar-refractivity contribution in [2.24, 2.45) is 0 Å². The summed E-state index contributed by atoms with van der Waals surface area (Å²) in [5, 5.41) is 0. The maximum Gasteiger partial charge on any atom is 0.336 e. The van der Waals surface area contributed by atoms with Crippen molar-refractivity contribution in [3.05, 3.63) is 59.7 Å². The number of hydrogen-bond acceptors (Lipinski definition) is 6. The lowest BCUT2D eigenvalue weighted by Gasteiger charge is -2.26. The molecule has 154 valence electrons. The highest BCUT2D eigenvalue weighted by molar-refractivity contribution is 7.89. The number of morpholine rings is 1. The fourth-order valence-corrected chi connectivity index (χ4v) is 4.52. The quantitative estimate of drug-likeness (QED) is 0.408. The lowest BCUT2D eigenvalue weighted by atomic mass is 10.2. The van der Waals surface area contributed by atoms with Crippen molar-refractivity contribution in [2.75, 3.05) is 33.4 Å². The summed E-state index contributed by atoms with van der Waals surface area (Å²) in [6.07, 6.45) is 2.77. The van der Waals surface area contributed by atoms with Crippen molar-refractivity contribution in [1.82, 2.24) is 4.31 Å². The molecule has 0 saturated carbocycles. The summed E-state index contributed by atoms with van der Waals surface area (Å²) in [7, 11) is -2.32. The molecule has 0 atom stereocenters. The van der Waals surface area contributed by atoms with Gasteiger partial charge in [-0.3, -0.25) is 0 Å². The molecule has 0 aromatic heterocycles. The molecule has 0 aliphatic carbocycles. The first-order valence-corrected chi connectivity index (χ1v) is 10.6. The first kappa shape index (κ1) is 21.0. The van der Waals surface area contributed by atoms with Crippen LogP contribution < -0.4 is 9.47 Å². The lowest BCUT2D eigenvalue weighted by Crippen LogP contribution is -2.40. The van der Waals surface area contributed by atoms with Crippen molar-refractivity contribution < 1.29 is 27.4 Å². The van der Waals surface area contributed by atoms with E-state index in [0.717, 1.165) is 5.56 Å². The number of sulfonamides is 1. The van der Waals surface area contributed by atoms with Gasteiger partial charge in [-0.25, -0.2) is 13.2 Å². The SMILES string of the molecule is COc1ccc(/C=C/C(=O)Oc2cccc(C)c2)cc1S(=O)(=O)N1CCOCC1. The first-order valence-electron chi connectivity index (χ1n) is 9.12. The third-order valence-electron chi connectivity index (χ3n) is 4.40. The van der Waals surface area contributed by atoms with Crippen LogP contribution in [0.15, 0.2) is 53.4 Å². The van der Waals surface area contributed by atoms with Gasteiger partial charge in [-0.1, -0.05) is 18.2 Å². The summed E-state index contributed by atoms with van der Waals surface area (Å²) < 4.78 is 43.1. The Morgan fingerprint density at radius 1 is 1.14 bits per heavy atom. The van der Waals surface area contributed by atoms with Crippen molar-refractivity contribution in [3.63, 3.8) is 0 Å². The van der Waals surface area contributed by atoms with Crippen LogP contribution in [0.1, 0.15) is 11.1 Å². The Bertz CT molecular complexity index is 1010. The van der Waals surface area contributed by atoms with Crippen LogP contribution >= 0.6 is 0 Å². The Hall–Kier alpha value is -2.68. The van der Waals surface area contributed by atoms with E-state index in [1.807, 2.05) is 13.0 Å². The number of aryl methyl sites for hydroxylation is 1. The average Bonchev–Trinajstić information content (AvgIpc) is 2.72. The molecule has 8 heteroatoms. The van der Waals surface area contributed by atoms with E-state index < -0.39 is 16.0 Å². The molecule has 0 amide bonds. The summed E-state index contributed by atoms with van der Waals surface area (Å²) in [6, 6.07) is 11.9. The molecule has 1 saturated heterocycles. The van der Waals surface area contributed by atoms with E-state index in [1.165, 1.54) is 29.6 Å². The third-order valence-corrected chi connectivity index (χ3v) is 6.32. The van der Waals surface area contributed by atoms with Gasteiger partial charge in [0, 0.05) is 19.2 Å².